The molecule has 114 valence electrons. The van der Waals surface area contributed by atoms with Gasteiger partial charge in [0.15, 0.2) is 0 Å². The van der Waals surface area contributed by atoms with Crippen molar-refractivity contribution in [3.8, 4) is 11.5 Å². The van der Waals surface area contributed by atoms with Gasteiger partial charge >= 0.3 is 5.97 Å². The second-order valence-electron chi connectivity index (χ2n) is 4.95. The Kier molecular flexibility index (Phi) is 4.15. The maximum atomic E-state index is 11.5. The van der Waals surface area contributed by atoms with Crippen molar-refractivity contribution in [2.75, 3.05) is 5.75 Å². The maximum absolute atomic E-state index is 11.5. The Labute approximate surface area is 131 Å². The lowest BCUT2D eigenvalue weighted by Crippen LogP contribution is -2.13. The molecule has 1 N–H and O–H groups in total. The van der Waals surface area contributed by atoms with Gasteiger partial charge in [0.05, 0.1) is 11.7 Å². The summed E-state index contributed by atoms with van der Waals surface area (Å²) in [5.41, 5.74) is 1.85. The monoisotopic (exact) mass is 317 g/mol. The van der Waals surface area contributed by atoms with E-state index in [-0.39, 0.29) is 17.8 Å². The number of para-hydroxylation sites is 1. The molecule has 2 aromatic heterocycles. The molecule has 1 aromatic carbocycles. The summed E-state index contributed by atoms with van der Waals surface area (Å²) in [6, 6.07) is 7.87. The fourth-order valence-electron chi connectivity index (χ4n) is 2.04. The highest BCUT2D eigenvalue weighted by Gasteiger charge is 2.15. The van der Waals surface area contributed by atoms with Crippen molar-refractivity contribution in [2.45, 2.75) is 25.2 Å². The molecule has 0 saturated heterocycles. The van der Waals surface area contributed by atoms with E-state index in [2.05, 4.69) is 15.2 Å². The number of hydrogen-bond acceptors (Lipinski definition) is 6. The van der Waals surface area contributed by atoms with Gasteiger partial charge in [0.2, 0.25) is 0 Å². The molecule has 7 heteroatoms. The summed E-state index contributed by atoms with van der Waals surface area (Å²) in [6.07, 6.45) is 1.71. The number of esters is 1. The molecule has 0 atom stereocenters. The van der Waals surface area contributed by atoms with Gasteiger partial charge in [0.25, 0.3) is 11.1 Å². The molecule has 0 bridgehead atoms. The van der Waals surface area contributed by atoms with Crippen LogP contribution in [0.3, 0.4) is 0 Å². The zero-order valence-electron chi connectivity index (χ0n) is 12.2. The van der Waals surface area contributed by atoms with E-state index in [1.54, 1.807) is 0 Å². The number of carbonyl (C=O) groups is 1. The van der Waals surface area contributed by atoms with Gasteiger partial charge in [0, 0.05) is 17.1 Å². The van der Waals surface area contributed by atoms with Crippen molar-refractivity contribution >= 4 is 28.6 Å². The third kappa shape index (κ3) is 3.14. The van der Waals surface area contributed by atoms with Crippen molar-refractivity contribution in [1.29, 1.82) is 0 Å². The third-order valence-electron chi connectivity index (χ3n) is 2.91. The summed E-state index contributed by atoms with van der Waals surface area (Å²) in [6.45, 7) is 3.62. The number of fused-ring (bicyclic) bond motifs is 1. The molecular weight excluding hydrogens is 302 g/mol. The molecule has 3 aromatic rings. The number of thioether (sulfide) groups is 1. The number of carbonyl (C=O) groups excluding carboxylic acids is 1. The third-order valence-corrected chi connectivity index (χ3v) is 3.70. The van der Waals surface area contributed by atoms with Crippen LogP contribution in [0.4, 0.5) is 0 Å². The lowest BCUT2D eigenvalue weighted by molar-refractivity contribution is -0.144. The topological polar surface area (TPSA) is 81.0 Å². The van der Waals surface area contributed by atoms with Crippen molar-refractivity contribution in [3.05, 3.63) is 30.5 Å². The van der Waals surface area contributed by atoms with Crippen LogP contribution < -0.4 is 0 Å². The molecule has 0 aliphatic rings. The van der Waals surface area contributed by atoms with Crippen LogP contribution in [0, 0.1) is 0 Å². The predicted octanol–water partition coefficient (Wildman–Crippen LogP) is 3.26. The van der Waals surface area contributed by atoms with Gasteiger partial charge in [-0.2, -0.15) is 0 Å². The molecule has 0 fully saturated rings. The van der Waals surface area contributed by atoms with E-state index < -0.39 is 0 Å². The summed E-state index contributed by atoms with van der Waals surface area (Å²) < 4.78 is 10.7. The molecule has 0 spiro atoms. The molecule has 3 rings (SSSR count). The summed E-state index contributed by atoms with van der Waals surface area (Å²) >= 11 is 1.17. The zero-order chi connectivity index (χ0) is 15.5. The van der Waals surface area contributed by atoms with Crippen LogP contribution in [0.15, 0.2) is 40.1 Å². The van der Waals surface area contributed by atoms with E-state index in [9.17, 15) is 4.79 Å². The first-order valence-corrected chi connectivity index (χ1v) is 7.84. The van der Waals surface area contributed by atoms with E-state index in [0.29, 0.717) is 11.1 Å². The lowest BCUT2D eigenvalue weighted by atomic mass is 10.2. The number of nitrogens with zero attached hydrogens (tertiary/aromatic N) is 2. The van der Waals surface area contributed by atoms with Gasteiger partial charge in [-0.25, -0.2) is 0 Å². The van der Waals surface area contributed by atoms with Crippen LogP contribution in [0.5, 0.6) is 0 Å². The van der Waals surface area contributed by atoms with Crippen molar-refractivity contribution in [1.82, 2.24) is 15.2 Å². The minimum Gasteiger partial charge on any atom is -0.462 e. The number of nitrogens with one attached hydrogen (secondary N) is 1. The second kappa shape index (κ2) is 6.23. The average molecular weight is 317 g/mol. The van der Waals surface area contributed by atoms with E-state index in [0.717, 1.165) is 16.5 Å². The molecule has 0 amide bonds. The summed E-state index contributed by atoms with van der Waals surface area (Å²) in [5.74, 6) is 0.275. The highest BCUT2D eigenvalue weighted by Crippen LogP contribution is 2.29. The van der Waals surface area contributed by atoms with Crippen molar-refractivity contribution < 1.29 is 13.9 Å². The summed E-state index contributed by atoms with van der Waals surface area (Å²) in [5, 5.41) is 9.36. The highest BCUT2D eigenvalue weighted by atomic mass is 32.2. The number of aromatic nitrogens is 3. The highest BCUT2D eigenvalue weighted by molar-refractivity contribution is 7.99. The Morgan fingerprint density at radius 3 is 3.00 bits per heavy atom. The number of H-pyrrole nitrogens is 1. The fourth-order valence-corrected chi connectivity index (χ4v) is 2.59. The molecule has 0 radical (unpaired) electrons. The van der Waals surface area contributed by atoms with Gasteiger partial charge < -0.3 is 14.1 Å². The number of hydrogen-bond donors (Lipinski definition) is 1. The fraction of sp³-hybridized carbons (Fsp3) is 0.267. The molecule has 2 heterocycles. The minimum absolute atomic E-state index is 0.127. The lowest BCUT2D eigenvalue weighted by Gasteiger charge is -2.05. The molecule has 0 aliphatic heterocycles. The Balaban J connectivity index is 1.73. The Morgan fingerprint density at radius 2 is 2.18 bits per heavy atom. The quantitative estimate of drug-likeness (QED) is 0.574. The van der Waals surface area contributed by atoms with Crippen molar-refractivity contribution in [3.63, 3.8) is 0 Å². The number of benzene rings is 1. The maximum Gasteiger partial charge on any atom is 0.316 e. The van der Waals surface area contributed by atoms with Gasteiger partial charge in [-0.05, 0) is 19.9 Å². The zero-order valence-corrected chi connectivity index (χ0v) is 13.0. The van der Waals surface area contributed by atoms with Gasteiger partial charge in [-0.15, -0.1) is 10.2 Å². The van der Waals surface area contributed by atoms with E-state index in [1.165, 1.54) is 11.8 Å². The van der Waals surface area contributed by atoms with Gasteiger partial charge in [0.1, 0.15) is 5.75 Å². The van der Waals surface area contributed by atoms with E-state index >= 15 is 0 Å². The minimum atomic E-state index is -0.299. The average Bonchev–Trinajstić information content (AvgIpc) is 3.10. The first-order valence-electron chi connectivity index (χ1n) is 6.86. The molecule has 0 unspecified atom stereocenters. The van der Waals surface area contributed by atoms with Crippen LogP contribution in [-0.2, 0) is 9.53 Å². The van der Waals surface area contributed by atoms with Gasteiger partial charge in [-0.1, -0.05) is 30.0 Å². The second-order valence-corrected chi connectivity index (χ2v) is 5.87. The number of ether oxygens (including phenoxy) is 1. The first kappa shape index (κ1) is 14.6. The molecular formula is C15H15N3O3S. The molecule has 6 nitrogen and oxygen atoms in total. The summed E-state index contributed by atoms with van der Waals surface area (Å²) in [4.78, 5) is 14.7. The van der Waals surface area contributed by atoms with Gasteiger partial charge in [-0.3, -0.25) is 4.79 Å². The molecule has 0 aliphatic carbocycles. The Hall–Kier alpha value is -2.28. The molecule has 22 heavy (non-hydrogen) atoms. The standard InChI is InChI=1S/C15H15N3O3S/c1-9(2)20-13(19)8-22-15-18-17-14(21-15)11-7-16-12-6-4-3-5-10(11)12/h3-7,9,16H,8H2,1-2H3. The van der Waals surface area contributed by atoms with E-state index in [1.807, 2.05) is 44.3 Å². The smallest absolute Gasteiger partial charge is 0.316 e. The van der Waals surface area contributed by atoms with Crippen molar-refractivity contribution in [2.24, 2.45) is 0 Å². The van der Waals surface area contributed by atoms with Crippen LogP contribution in [0.25, 0.3) is 22.4 Å². The first-order chi connectivity index (χ1) is 10.6. The normalized spacial score (nSPS) is 11.2. The predicted molar refractivity (Wildman–Crippen MR) is 83.5 cm³/mol. The van der Waals surface area contributed by atoms with Crippen LogP contribution in [0.1, 0.15) is 13.8 Å². The van der Waals surface area contributed by atoms with Crippen LogP contribution >= 0.6 is 11.8 Å². The van der Waals surface area contributed by atoms with Crippen LogP contribution in [-0.4, -0.2) is 33.0 Å². The SMILES string of the molecule is CC(C)OC(=O)CSc1nnc(-c2c[nH]c3ccccc23)o1. The Bertz CT molecular complexity index is 794. The summed E-state index contributed by atoms with van der Waals surface area (Å²) in [7, 11) is 0. The number of rotatable bonds is 5. The van der Waals surface area contributed by atoms with E-state index in [4.69, 9.17) is 9.15 Å². The number of aromatic amines is 1. The Morgan fingerprint density at radius 1 is 1.36 bits per heavy atom. The largest absolute Gasteiger partial charge is 0.462 e. The van der Waals surface area contributed by atoms with Crippen LogP contribution in [0.2, 0.25) is 0 Å². The molecule has 0 saturated carbocycles.